The lowest BCUT2D eigenvalue weighted by atomic mass is 10.2. The summed E-state index contributed by atoms with van der Waals surface area (Å²) in [6.45, 7) is 4.36. The number of tetrazole rings is 1. The van der Waals surface area contributed by atoms with Crippen molar-refractivity contribution < 1.29 is 0 Å². The normalized spacial score (nSPS) is 15.3. The van der Waals surface area contributed by atoms with Gasteiger partial charge >= 0.3 is 0 Å². The Morgan fingerprint density at radius 1 is 1.06 bits per heavy atom. The molecule has 1 aliphatic heterocycles. The highest BCUT2D eigenvalue weighted by Crippen LogP contribution is 2.21. The number of hydrogen-bond acceptors (Lipinski definition) is 4. The number of aromatic nitrogens is 4. The van der Waals surface area contributed by atoms with Gasteiger partial charge in [0.05, 0.1) is 5.69 Å². The van der Waals surface area contributed by atoms with E-state index in [9.17, 15) is 0 Å². The molecule has 3 rings (SSSR count). The van der Waals surface area contributed by atoms with Gasteiger partial charge in [0.15, 0.2) is 5.82 Å². The first-order valence-corrected chi connectivity index (χ1v) is 6.51. The number of benzene rings is 1. The molecule has 1 aromatic heterocycles. The number of hydrogen-bond donors (Lipinski definition) is 0. The zero-order chi connectivity index (χ0) is 12.4. The van der Waals surface area contributed by atoms with E-state index in [1.165, 1.54) is 31.6 Å². The third-order valence-electron chi connectivity index (χ3n) is 3.32. The molecule has 94 valence electrons. The Kier molecular flexibility index (Phi) is 2.96. The van der Waals surface area contributed by atoms with Crippen molar-refractivity contribution in [3.8, 4) is 5.69 Å². The SMILES string of the molecule is CCc1nnn(-c2ccc(N3CCCC3)cc2)n1. The molecule has 0 saturated carbocycles. The summed E-state index contributed by atoms with van der Waals surface area (Å²) in [6.07, 6.45) is 3.41. The molecule has 2 aromatic rings. The fraction of sp³-hybridized carbons (Fsp3) is 0.462. The van der Waals surface area contributed by atoms with Crippen LogP contribution in [0.4, 0.5) is 5.69 Å². The van der Waals surface area contributed by atoms with E-state index in [0.717, 1.165) is 17.9 Å². The van der Waals surface area contributed by atoms with Crippen LogP contribution in [0.15, 0.2) is 24.3 Å². The molecule has 0 aliphatic carbocycles. The highest BCUT2D eigenvalue weighted by atomic mass is 15.6. The summed E-state index contributed by atoms with van der Waals surface area (Å²) in [4.78, 5) is 4.00. The van der Waals surface area contributed by atoms with Gasteiger partial charge in [-0.15, -0.1) is 15.0 Å². The topological polar surface area (TPSA) is 46.8 Å². The van der Waals surface area contributed by atoms with Crippen LogP contribution < -0.4 is 4.90 Å². The summed E-state index contributed by atoms with van der Waals surface area (Å²) in [7, 11) is 0. The number of anilines is 1. The standard InChI is InChI=1S/C13H17N5/c1-2-13-14-16-18(15-13)12-7-5-11(6-8-12)17-9-3-4-10-17/h5-8H,2-4,9-10H2,1H3. The summed E-state index contributed by atoms with van der Waals surface area (Å²) in [6, 6.07) is 8.37. The van der Waals surface area contributed by atoms with E-state index in [0.29, 0.717) is 0 Å². The minimum Gasteiger partial charge on any atom is -0.372 e. The van der Waals surface area contributed by atoms with E-state index in [-0.39, 0.29) is 0 Å². The fourth-order valence-corrected chi connectivity index (χ4v) is 2.27. The monoisotopic (exact) mass is 243 g/mol. The molecule has 1 saturated heterocycles. The molecule has 0 N–H and O–H groups in total. The van der Waals surface area contributed by atoms with Crippen LogP contribution >= 0.6 is 0 Å². The first-order valence-electron chi connectivity index (χ1n) is 6.51. The number of nitrogens with zero attached hydrogens (tertiary/aromatic N) is 5. The van der Waals surface area contributed by atoms with Crippen molar-refractivity contribution >= 4 is 5.69 Å². The molecule has 2 heterocycles. The molecule has 5 heteroatoms. The van der Waals surface area contributed by atoms with E-state index < -0.39 is 0 Å². The van der Waals surface area contributed by atoms with Crippen molar-refractivity contribution in [1.29, 1.82) is 0 Å². The zero-order valence-electron chi connectivity index (χ0n) is 10.6. The van der Waals surface area contributed by atoms with Gasteiger partial charge in [0, 0.05) is 25.2 Å². The van der Waals surface area contributed by atoms with Crippen LogP contribution in [0, 0.1) is 0 Å². The van der Waals surface area contributed by atoms with Crippen LogP contribution in [-0.2, 0) is 6.42 Å². The second kappa shape index (κ2) is 4.76. The van der Waals surface area contributed by atoms with Crippen LogP contribution in [-0.4, -0.2) is 33.3 Å². The summed E-state index contributed by atoms with van der Waals surface area (Å²) in [5.74, 6) is 0.776. The highest BCUT2D eigenvalue weighted by Gasteiger charge is 2.12. The Labute approximate surface area is 106 Å². The number of rotatable bonds is 3. The molecule has 1 aromatic carbocycles. The van der Waals surface area contributed by atoms with Crippen molar-refractivity contribution in [3.05, 3.63) is 30.1 Å². The lowest BCUT2D eigenvalue weighted by molar-refractivity contribution is 0.717. The van der Waals surface area contributed by atoms with Crippen LogP contribution in [0.1, 0.15) is 25.6 Å². The van der Waals surface area contributed by atoms with Crippen LogP contribution in [0.25, 0.3) is 5.69 Å². The predicted octanol–water partition coefficient (Wildman–Crippen LogP) is 1.82. The molecule has 0 unspecified atom stereocenters. The van der Waals surface area contributed by atoms with Crippen molar-refractivity contribution in [2.75, 3.05) is 18.0 Å². The van der Waals surface area contributed by atoms with Crippen molar-refractivity contribution in [2.24, 2.45) is 0 Å². The largest absolute Gasteiger partial charge is 0.372 e. The Bertz CT molecular complexity index is 510. The second-order valence-corrected chi connectivity index (χ2v) is 4.56. The molecule has 0 amide bonds. The lowest BCUT2D eigenvalue weighted by Crippen LogP contribution is -2.17. The highest BCUT2D eigenvalue weighted by molar-refractivity contribution is 5.51. The van der Waals surface area contributed by atoms with E-state index in [2.05, 4.69) is 44.6 Å². The Balaban J connectivity index is 1.81. The van der Waals surface area contributed by atoms with E-state index in [4.69, 9.17) is 0 Å². The van der Waals surface area contributed by atoms with Gasteiger partial charge in [0.1, 0.15) is 0 Å². The second-order valence-electron chi connectivity index (χ2n) is 4.56. The first-order chi connectivity index (χ1) is 8.86. The van der Waals surface area contributed by atoms with E-state index >= 15 is 0 Å². The smallest absolute Gasteiger partial charge is 0.174 e. The number of aryl methyl sites for hydroxylation is 1. The molecule has 0 bridgehead atoms. The van der Waals surface area contributed by atoms with Gasteiger partial charge in [0.2, 0.25) is 0 Å². The Morgan fingerprint density at radius 2 is 1.72 bits per heavy atom. The van der Waals surface area contributed by atoms with Crippen molar-refractivity contribution in [3.63, 3.8) is 0 Å². The molecule has 5 nitrogen and oxygen atoms in total. The predicted molar refractivity (Wildman–Crippen MR) is 70.0 cm³/mol. The lowest BCUT2D eigenvalue weighted by Gasteiger charge is -2.17. The fourth-order valence-electron chi connectivity index (χ4n) is 2.27. The molecule has 0 spiro atoms. The van der Waals surface area contributed by atoms with Crippen molar-refractivity contribution in [2.45, 2.75) is 26.2 Å². The molecule has 1 fully saturated rings. The van der Waals surface area contributed by atoms with Gasteiger partial charge in [-0.25, -0.2) is 0 Å². The molecule has 1 aliphatic rings. The van der Waals surface area contributed by atoms with Gasteiger partial charge in [-0.1, -0.05) is 6.92 Å². The van der Waals surface area contributed by atoms with Gasteiger partial charge in [-0.3, -0.25) is 0 Å². The quantitative estimate of drug-likeness (QED) is 0.825. The van der Waals surface area contributed by atoms with Gasteiger partial charge in [-0.05, 0) is 42.3 Å². The molecular formula is C13H17N5. The van der Waals surface area contributed by atoms with E-state index in [1.807, 2.05) is 6.92 Å². The Morgan fingerprint density at radius 3 is 2.33 bits per heavy atom. The third-order valence-corrected chi connectivity index (χ3v) is 3.32. The van der Waals surface area contributed by atoms with Crippen LogP contribution in [0.5, 0.6) is 0 Å². The molecule has 0 radical (unpaired) electrons. The van der Waals surface area contributed by atoms with E-state index in [1.54, 1.807) is 4.80 Å². The molecule has 18 heavy (non-hydrogen) atoms. The summed E-state index contributed by atoms with van der Waals surface area (Å²) in [5.41, 5.74) is 2.25. The minimum atomic E-state index is 0.776. The first kappa shape index (κ1) is 11.2. The zero-order valence-corrected chi connectivity index (χ0v) is 10.6. The maximum atomic E-state index is 4.31. The van der Waals surface area contributed by atoms with Gasteiger partial charge in [0.25, 0.3) is 0 Å². The third kappa shape index (κ3) is 2.08. The average Bonchev–Trinajstić information content (AvgIpc) is 3.10. The van der Waals surface area contributed by atoms with Gasteiger partial charge in [-0.2, -0.15) is 0 Å². The maximum absolute atomic E-state index is 4.31. The van der Waals surface area contributed by atoms with Crippen LogP contribution in [0.3, 0.4) is 0 Å². The van der Waals surface area contributed by atoms with Gasteiger partial charge < -0.3 is 4.90 Å². The molecule has 0 atom stereocenters. The summed E-state index contributed by atoms with van der Waals surface area (Å²) < 4.78 is 0. The van der Waals surface area contributed by atoms with Crippen LogP contribution in [0.2, 0.25) is 0 Å². The maximum Gasteiger partial charge on any atom is 0.174 e. The molecular weight excluding hydrogens is 226 g/mol. The summed E-state index contributed by atoms with van der Waals surface area (Å²) in [5, 5.41) is 12.3. The minimum absolute atomic E-state index is 0.776. The Hall–Kier alpha value is -1.91. The summed E-state index contributed by atoms with van der Waals surface area (Å²) >= 11 is 0. The van der Waals surface area contributed by atoms with Crippen molar-refractivity contribution in [1.82, 2.24) is 20.2 Å². The average molecular weight is 243 g/mol.